The number of allylic oxidation sites excluding steroid dienone is 3. The summed E-state index contributed by atoms with van der Waals surface area (Å²) in [6.45, 7) is 4.78. The van der Waals surface area contributed by atoms with Crippen molar-refractivity contribution in [2.45, 2.75) is 32.9 Å². The minimum Gasteiger partial charge on any atom is -0.366 e. The number of fused-ring (bicyclic) bond motifs is 3. The Morgan fingerprint density at radius 2 is 2.03 bits per heavy atom. The molecule has 1 amide bonds. The van der Waals surface area contributed by atoms with Crippen molar-refractivity contribution in [3.63, 3.8) is 0 Å². The summed E-state index contributed by atoms with van der Waals surface area (Å²) in [4.78, 5) is 14.9. The number of sulfonamides is 1. The van der Waals surface area contributed by atoms with Crippen LogP contribution in [0.4, 0.5) is 0 Å². The van der Waals surface area contributed by atoms with Gasteiger partial charge in [-0.3, -0.25) is 4.79 Å². The average Bonchev–Trinajstić information content (AvgIpc) is 3.29. The first-order valence-corrected chi connectivity index (χ1v) is 14.0. The maximum atomic E-state index is 12.5. The quantitative estimate of drug-likeness (QED) is 0.617. The summed E-state index contributed by atoms with van der Waals surface area (Å²) in [6.07, 6.45) is 7.03. The molecule has 0 spiro atoms. The largest absolute Gasteiger partial charge is 0.366 e. The summed E-state index contributed by atoms with van der Waals surface area (Å²) >= 11 is 14.4. The Balaban J connectivity index is 1.85. The normalized spacial score (nSPS) is 19.2. The van der Waals surface area contributed by atoms with Gasteiger partial charge < -0.3 is 4.90 Å². The van der Waals surface area contributed by atoms with Gasteiger partial charge in [-0.05, 0) is 31.9 Å². The third kappa shape index (κ3) is 4.81. The molecule has 1 N–H and O–H groups in total. The number of aryl methyl sites for hydroxylation is 1. The number of nitrogens with zero attached hydrogens (tertiary/aromatic N) is 3. The van der Waals surface area contributed by atoms with E-state index in [9.17, 15) is 13.2 Å². The van der Waals surface area contributed by atoms with E-state index in [1.54, 1.807) is 12.1 Å². The Hall–Kier alpha value is -1.68. The van der Waals surface area contributed by atoms with Gasteiger partial charge in [0, 0.05) is 36.5 Å². The number of thioether (sulfide) groups is 1. The van der Waals surface area contributed by atoms with Crippen LogP contribution in [0.25, 0.3) is 16.6 Å². The molecule has 0 radical (unpaired) electrons. The minimum absolute atomic E-state index is 0.145. The van der Waals surface area contributed by atoms with E-state index in [4.69, 9.17) is 23.2 Å². The third-order valence-electron chi connectivity index (χ3n) is 5.56. The number of hydrogen-bond acceptors (Lipinski definition) is 5. The smallest absolute Gasteiger partial charge is 0.286 e. The summed E-state index contributed by atoms with van der Waals surface area (Å²) in [6, 6.07) is 3.54. The van der Waals surface area contributed by atoms with Crippen molar-refractivity contribution < 1.29 is 17.8 Å². The Morgan fingerprint density at radius 3 is 2.75 bits per heavy atom. The molecule has 0 atom stereocenters. The molecule has 2 aliphatic heterocycles. The van der Waals surface area contributed by atoms with Crippen LogP contribution < -0.4 is 9.29 Å². The second-order valence-electron chi connectivity index (χ2n) is 7.84. The fraction of sp³-hybridized carbons (Fsp3) is 0.429. The maximum absolute atomic E-state index is 12.5. The molecule has 4 rings (SSSR count). The summed E-state index contributed by atoms with van der Waals surface area (Å²) < 4.78 is 29.2. The number of amides is 1. The van der Waals surface area contributed by atoms with Crippen LogP contribution in [-0.4, -0.2) is 48.9 Å². The molecule has 7 nitrogen and oxygen atoms in total. The zero-order valence-electron chi connectivity index (χ0n) is 17.9. The molecule has 172 valence electrons. The number of benzene rings is 1. The van der Waals surface area contributed by atoms with Crippen LogP contribution in [-0.2, 0) is 27.9 Å². The first-order valence-electron chi connectivity index (χ1n) is 10.4. The van der Waals surface area contributed by atoms with Crippen molar-refractivity contribution in [3.05, 3.63) is 45.2 Å². The topological polar surface area (TPSA) is 75.3 Å². The molecule has 11 heteroatoms. The van der Waals surface area contributed by atoms with Crippen molar-refractivity contribution in [1.29, 1.82) is 0 Å². The predicted molar refractivity (Wildman–Crippen MR) is 130 cm³/mol. The zero-order valence-corrected chi connectivity index (χ0v) is 21.0. The van der Waals surface area contributed by atoms with Crippen molar-refractivity contribution in [2.75, 3.05) is 25.1 Å². The fourth-order valence-electron chi connectivity index (χ4n) is 4.25. The van der Waals surface area contributed by atoms with Gasteiger partial charge in [-0.2, -0.15) is 0 Å². The number of carbonyl (C=O) groups is 1. The van der Waals surface area contributed by atoms with Gasteiger partial charge >= 0.3 is 0 Å². The SMILES string of the molecule is CCN1CCSC1=CC=C1CCC[n+]2c1n(CC(=O)NS(C)(=O)=O)c1cc(Cl)c(Cl)cc12. The molecule has 0 aliphatic carbocycles. The van der Waals surface area contributed by atoms with Crippen LogP contribution in [0.1, 0.15) is 25.6 Å². The zero-order chi connectivity index (χ0) is 23.0. The number of hydrogen-bond donors (Lipinski definition) is 1. The molecule has 2 aliphatic rings. The number of imidazole rings is 1. The van der Waals surface area contributed by atoms with Crippen molar-refractivity contribution >= 4 is 67.5 Å². The third-order valence-corrected chi connectivity index (χ3v) is 7.96. The van der Waals surface area contributed by atoms with Crippen LogP contribution in [0.5, 0.6) is 0 Å². The van der Waals surface area contributed by atoms with Crippen molar-refractivity contribution in [3.8, 4) is 0 Å². The maximum Gasteiger partial charge on any atom is 0.286 e. The van der Waals surface area contributed by atoms with Crippen molar-refractivity contribution in [1.82, 2.24) is 14.2 Å². The molecule has 0 bridgehead atoms. The minimum atomic E-state index is -3.66. The second-order valence-corrected chi connectivity index (χ2v) is 11.5. The number of rotatable bonds is 5. The Kier molecular flexibility index (Phi) is 6.81. The molecule has 1 fully saturated rings. The highest BCUT2D eigenvalue weighted by Gasteiger charge is 2.33. The van der Waals surface area contributed by atoms with E-state index < -0.39 is 15.9 Å². The summed E-state index contributed by atoms with van der Waals surface area (Å²) in [5.74, 6) is 1.34. The van der Waals surface area contributed by atoms with Gasteiger partial charge in [0.1, 0.15) is 0 Å². The van der Waals surface area contributed by atoms with E-state index in [2.05, 4.69) is 33.3 Å². The lowest BCUT2D eigenvalue weighted by Crippen LogP contribution is -2.41. The van der Waals surface area contributed by atoms with E-state index in [1.807, 2.05) is 16.3 Å². The predicted octanol–water partition coefficient (Wildman–Crippen LogP) is 3.40. The number of nitrogens with one attached hydrogen (secondary N) is 1. The van der Waals surface area contributed by atoms with Gasteiger partial charge in [0.15, 0.2) is 17.6 Å². The van der Waals surface area contributed by atoms with Gasteiger partial charge in [0.05, 0.1) is 27.9 Å². The van der Waals surface area contributed by atoms with Gasteiger partial charge in [0.25, 0.3) is 11.7 Å². The van der Waals surface area contributed by atoms with Crippen LogP contribution in [0, 0.1) is 0 Å². The Bertz CT molecular complexity index is 1250. The highest BCUT2D eigenvalue weighted by Crippen LogP contribution is 2.33. The molecular formula is C21H25Cl2N4O3S2+. The highest BCUT2D eigenvalue weighted by atomic mass is 35.5. The van der Waals surface area contributed by atoms with Gasteiger partial charge in [-0.15, -0.1) is 11.8 Å². The van der Waals surface area contributed by atoms with Crippen LogP contribution in [0.2, 0.25) is 10.0 Å². The standard InChI is InChI=1S/C21H24Cl2N4O3S2/c1-3-25-9-10-31-20(25)7-6-14-5-4-8-26-17-11-15(22)16(23)12-18(17)27(21(14)26)13-19(28)24-32(2,29)30/h6-7,11-12H,3-5,8-10,13H2,1-2H3/p+1. The summed E-state index contributed by atoms with van der Waals surface area (Å²) in [7, 11) is -3.66. The Labute approximate surface area is 202 Å². The van der Waals surface area contributed by atoms with E-state index >= 15 is 0 Å². The summed E-state index contributed by atoms with van der Waals surface area (Å²) in [5.41, 5.74) is 2.69. The van der Waals surface area contributed by atoms with Gasteiger partial charge in [0.2, 0.25) is 10.0 Å². The summed E-state index contributed by atoms with van der Waals surface area (Å²) in [5, 5.41) is 2.06. The van der Waals surface area contributed by atoms with E-state index in [-0.39, 0.29) is 6.54 Å². The molecule has 3 heterocycles. The molecular weight excluding hydrogens is 491 g/mol. The molecule has 1 aromatic carbocycles. The first kappa shape index (κ1) is 23.5. The molecule has 1 saturated heterocycles. The average molecular weight is 516 g/mol. The second kappa shape index (κ2) is 9.29. The lowest BCUT2D eigenvalue weighted by molar-refractivity contribution is -0.677. The number of halogens is 2. The van der Waals surface area contributed by atoms with Crippen molar-refractivity contribution in [2.24, 2.45) is 0 Å². The lowest BCUT2D eigenvalue weighted by atomic mass is 10.1. The van der Waals surface area contributed by atoms with Gasteiger partial charge in [-0.25, -0.2) is 22.3 Å². The van der Waals surface area contributed by atoms with Crippen LogP contribution in [0.3, 0.4) is 0 Å². The lowest BCUT2D eigenvalue weighted by Gasteiger charge is -2.16. The van der Waals surface area contributed by atoms with Crippen LogP contribution in [0.15, 0.2) is 29.3 Å². The first-order chi connectivity index (χ1) is 15.2. The molecule has 0 saturated carbocycles. The monoisotopic (exact) mass is 515 g/mol. The van der Waals surface area contributed by atoms with E-state index in [0.29, 0.717) is 10.0 Å². The Morgan fingerprint density at radius 1 is 1.28 bits per heavy atom. The van der Waals surface area contributed by atoms with E-state index in [0.717, 1.165) is 66.9 Å². The number of carbonyl (C=O) groups excluding carboxylic acids is 1. The molecule has 1 aromatic heterocycles. The highest BCUT2D eigenvalue weighted by molar-refractivity contribution is 8.03. The van der Waals surface area contributed by atoms with E-state index in [1.165, 1.54) is 5.03 Å². The number of aromatic nitrogens is 2. The molecule has 0 unspecified atom stereocenters. The fourth-order valence-corrected chi connectivity index (χ4v) is 6.13. The van der Waals surface area contributed by atoms with Gasteiger partial charge in [-0.1, -0.05) is 23.2 Å². The molecule has 2 aromatic rings. The molecule has 32 heavy (non-hydrogen) atoms. The van der Waals surface area contributed by atoms with Crippen LogP contribution >= 0.6 is 35.0 Å².